The monoisotopic (exact) mass is 270 g/mol. The summed E-state index contributed by atoms with van der Waals surface area (Å²) in [5.74, 6) is 0. The molecule has 1 saturated carbocycles. The molecule has 0 aromatic rings. The molecule has 1 rings (SSSR count). The fraction of sp³-hybridized carbons (Fsp3) is 0.846. The average molecular weight is 271 g/mol. The second-order valence-electron chi connectivity index (χ2n) is 8.62. The van der Waals surface area contributed by atoms with Crippen molar-refractivity contribution in [3.63, 3.8) is 0 Å². The predicted molar refractivity (Wildman–Crippen MR) is 85.4 cm³/mol. The lowest BCUT2D eigenvalue weighted by molar-refractivity contribution is 1.15. The largest absolute Gasteiger partial charge is 0.0958 e. The highest BCUT2D eigenvalue weighted by molar-refractivity contribution is 7.01. The Labute approximate surface area is 106 Å². The van der Waals surface area contributed by atoms with Crippen molar-refractivity contribution in [3.8, 4) is 0 Å². The number of rotatable bonds is 3. The van der Waals surface area contributed by atoms with E-state index in [1.165, 1.54) is 6.42 Å². The van der Waals surface area contributed by atoms with Gasteiger partial charge in [0.2, 0.25) is 0 Å². The summed E-state index contributed by atoms with van der Waals surface area (Å²) in [6.07, 6.45) is 1.45. The van der Waals surface area contributed by atoms with E-state index < -0.39 is 24.2 Å². The molecular formula is C13H30Si3. The van der Waals surface area contributed by atoms with Crippen LogP contribution in [-0.2, 0) is 0 Å². The first-order valence-corrected chi connectivity index (χ1v) is 17.1. The molecule has 0 heterocycles. The van der Waals surface area contributed by atoms with E-state index in [1.807, 2.05) is 5.57 Å². The summed E-state index contributed by atoms with van der Waals surface area (Å²) in [4.78, 5) is 0. The summed E-state index contributed by atoms with van der Waals surface area (Å²) < 4.78 is 0.723. The van der Waals surface area contributed by atoms with Crippen LogP contribution in [0.25, 0.3) is 0 Å². The first-order chi connectivity index (χ1) is 6.81. The molecule has 16 heavy (non-hydrogen) atoms. The summed E-state index contributed by atoms with van der Waals surface area (Å²) in [5.41, 5.74) is 4.58. The third kappa shape index (κ3) is 2.46. The lowest BCUT2D eigenvalue weighted by Gasteiger charge is -2.39. The van der Waals surface area contributed by atoms with Crippen LogP contribution in [0.2, 0.25) is 63.6 Å². The zero-order chi connectivity index (χ0) is 13.0. The molecule has 3 heteroatoms. The Hall–Kier alpha value is 0.391. The van der Waals surface area contributed by atoms with Gasteiger partial charge in [0.15, 0.2) is 0 Å². The van der Waals surface area contributed by atoms with Crippen LogP contribution >= 0.6 is 0 Å². The molecule has 1 fully saturated rings. The molecule has 1 aliphatic carbocycles. The standard InChI is InChI=1S/C13H30Si3/c1-14(2,3)11-12-10-13(12,15(4,5)6)16(7,8)9/h11H,10H2,1-9H3/b12-11+. The van der Waals surface area contributed by atoms with Crippen LogP contribution in [0.1, 0.15) is 6.42 Å². The molecule has 0 bridgehead atoms. The Kier molecular flexibility index (Phi) is 3.33. The Bertz CT molecular complexity index is 294. The summed E-state index contributed by atoms with van der Waals surface area (Å²) in [6, 6.07) is 0. The van der Waals surface area contributed by atoms with E-state index in [4.69, 9.17) is 0 Å². The van der Waals surface area contributed by atoms with Gasteiger partial charge in [-0.05, 0) is 11.1 Å². The molecule has 0 N–H and O–H groups in total. The maximum atomic E-state index is 2.71. The number of hydrogen-bond acceptors (Lipinski definition) is 0. The molecule has 0 aliphatic heterocycles. The van der Waals surface area contributed by atoms with Gasteiger partial charge in [0, 0.05) is 0 Å². The fourth-order valence-corrected chi connectivity index (χ4v) is 17.8. The molecule has 0 amide bonds. The molecule has 0 spiro atoms. The van der Waals surface area contributed by atoms with Crippen LogP contribution in [0.4, 0.5) is 0 Å². The van der Waals surface area contributed by atoms with E-state index in [9.17, 15) is 0 Å². The lowest BCUT2D eigenvalue weighted by Crippen LogP contribution is -2.46. The smallest absolute Gasteiger partial charge is 0.0686 e. The maximum Gasteiger partial charge on any atom is 0.0686 e. The lowest BCUT2D eigenvalue weighted by atomic mass is 10.7. The summed E-state index contributed by atoms with van der Waals surface area (Å²) in [7, 11) is -3.13. The summed E-state index contributed by atoms with van der Waals surface area (Å²) >= 11 is 0. The SMILES string of the molecule is C[Si](C)(C)/C=C1\CC1([Si](C)(C)C)[Si](C)(C)C. The van der Waals surface area contributed by atoms with Gasteiger partial charge in [-0.2, -0.15) is 0 Å². The van der Waals surface area contributed by atoms with E-state index in [0.29, 0.717) is 0 Å². The van der Waals surface area contributed by atoms with Crippen molar-refractivity contribution in [1.82, 2.24) is 0 Å². The third-order valence-electron chi connectivity index (χ3n) is 4.05. The molecule has 94 valence electrons. The molecular weight excluding hydrogens is 240 g/mol. The van der Waals surface area contributed by atoms with Crippen LogP contribution in [-0.4, -0.2) is 24.2 Å². The van der Waals surface area contributed by atoms with Crippen LogP contribution in [0.15, 0.2) is 11.3 Å². The van der Waals surface area contributed by atoms with Crippen molar-refractivity contribution in [2.45, 2.75) is 70.0 Å². The second kappa shape index (κ2) is 3.69. The molecule has 0 radical (unpaired) electrons. The average Bonchev–Trinajstić information content (AvgIpc) is 2.54. The quantitative estimate of drug-likeness (QED) is 0.622. The Morgan fingerprint density at radius 2 is 1.19 bits per heavy atom. The highest BCUT2D eigenvalue weighted by atomic mass is 28.4. The fourth-order valence-electron chi connectivity index (χ4n) is 3.56. The third-order valence-corrected chi connectivity index (χ3v) is 15.9. The van der Waals surface area contributed by atoms with Crippen molar-refractivity contribution < 1.29 is 0 Å². The Balaban J connectivity index is 3.14. The molecule has 0 atom stereocenters. The van der Waals surface area contributed by atoms with Crippen molar-refractivity contribution in [3.05, 3.63) is 11.3 Å². The molecule has 0 unspecified atom stereocenters. The minimum atomic E-state index is -1.06. The van der Waals surface area contributed by atoms with Gasteiger partial charge >= 0.3 is 0 Å². The van der Waals surface area contributed by atoms with Crippen molar-refractivity contribution in [2.75, 3.05) is 0 Å². The predicted octanol–water partition coefficient (Wildman–Crippen LogP) is 5.15. The maximum absolute atomic E-state index is 2.71. The number of allylic oxidation sites excluding steroid dienone is 1. The van der Waals surface area contributed by atoms with Gasteiger partial charge in [-0.1, -0.05) is 70.2 Å². The van der Waals surface area contributed by atoms with Crippen LogP contribution in [0.5, 0.6) is 0 Å². The highest BCUT2D eigenvalue weighted by Gasteiger charge is 2.64. The van der Waals surface area contributed by atoms with Gasteiger partial charge in [-0.15, -0.1) is 0 Å². The Morgan fingerprint density at radius 1 is 0.812 bits per heavy atom. The van der Waals surface area contributed by atoms with Gasteiger partial charge in [0.25, 0.3) is 0 Å². The van der Waals surface area contributed by atoms with E-state index in [1.54, 1.807) is 0 Å². The molecule has 0 nitrogen and oxygen atoms in total. The number of hydrogen-bond donors (Lipinski definition) is 0. The minimum Gasteiger partial charge on any atom is -0.0958 e. The van der Waals surface area contributed by atoms with Gasteiger partial charge in [0.05, 0.1) is 24.2 Å². The first kappa shape index (κ1) is 14.5. The van der Waals surface area contributed by atoms with E-state index in [2.05, 4.69) is 64.6 Å². The topological polar surface area (TPSA) is 0 Å². The molecule has 1 aliphatic rings. The van der Waals surface area contributed by atoms with E-state index in [-0.39, 0.29) is 0 Å². The zero-order valence-electron chi connectivity index (χ0n) is 12.8. The van der Waals surface area contributed by atoms with Crippen molar-refractivity contribution in [2.24, 2.45) is 0 Å². The van der Waals surface area contributed by atoms with Gasteiger partial charge in [0.1, 0.15) is 0 Å². The second-order valence-corrected chi connectivity index (χ2v) is 24.8. The molecule has 0 aromatic heterocycles. The van der Waals surface area contributed by atoms with E-state index >= 15 is 0 Å². The highest BCUT2D eigenvalue weighted by Crippen LogP contribution is 2.70. The van der Waals surface area contributed by atoms with Crippen molar-refractivity contribution in [1.29, 1.82) is 0 Å². The zero-order valence-corrected chi connectivity index (χ0v) is 15.8. The van der Waals surface area contributed by atoms with Crippen molar-refractivity contribution >= 4 is 24.2 Å². The minimum absolute atomic E-state index is 0.723. The molecule has 0 aromatic carbocycles. The van der Waals surface area contributed by atoms with Crippen LogP contribution in [0, 0.1) is 0 Å². The summed E-state index contributed by atoms with van der Waals surface area (Å²) in [5, 5.41) is 0. The van der Waals surface area contributed by atoms with Crippen LogP contribution < -0.4 is 0 Å². The van der Waals surface area contributed by atoms with E-state index in [0.717, 1.165) is 4.66 Å². The normalized spacial score (nSPS) is 23.7. The van der Waals surface area contributed by atoms with Gasteiger partial charge in [-0.3, -0.25) is 0 Å². The van der Waals surface area contributed by atoms with Gasteiger partial charge < -0.3 is 0 Å². The molecule has 0 saturated heterocycles. The first-order valence-electron chi connectivity index (χ1n) is 6.53. The van der Waals surface area contributed by atoms with Gasteiger partial charge in [-0.25, -0.2) is 0 Å². The van der Waals surface area contributed by atoms with Crippen LogP contribution in [0.3, 0.4) is 0 Å². The Morgan fingerprint density at radius 3 is 1.38 bits per heavy atom. The summed E-state index contributed by atoms with van der Waals surface area (Å²) in [6.45, 7) is 22.9.